The van der Waals surface area contributed by atoms with Crippen LogP contribution in [0.2, 0.25) is 0 Å². The SMILES string of the molecule is CCCNC(=O)CSc1ccc2c(c1)OCCO2. The largest absolute Gasteiger partial charge is 0.486 e. The van der Waals surface area contributed by atoms with Crippen molar-refractivity contribution in [3.05, 3.63) is 18.2 Å². The molecule has 0 aliphatic carbocycles. The van der Waals surface area contributed by atoms with Crippen molar-refractivity contribution in [1.82, 2.24) is 5.32 Å². The average Bonchev–Trinajstić information content (AvgIpc) is 2.42. The van der Waals surface area contributed by atoms with Gasteiger partial charge in [0.15, 0.2) is 11.5 Å². The van der Waals surface area contributed by atoms with E-state index in [1.165, 1.54) is 11.8 Å². The smallest absolute Gasteiger partial charge is 0.230 e. The predicted molar refractivity (Wildman–Crippen MR) is 71.5 cm³/mol. The summed E-state index contributed by atoms with van der Waals surface area (Å²) in [6, 6.07) is 5.76. The lowest BCUT2D eigenvalue weighted by molar-refractivity contribution is -0.118. The van der Waals surface area contributed by atoms with Crippen LogP contribution in [0.3, 0.4) is 0 Å². The molecule has 1 aliphatic heterocycles. The van der Waals surface area contributed by atoms with E-state index in [1.807, 2.05) is 25.1 Å². The summed E-state index contributed by atoms with van der Waals surface area (Å²) in [6.45, 7) is 3.95. The highest BCUT2D eigenvalue weighted by Gasteiger charge is 2.12. The number of carbonyl (C=O) groups excluding carboxylic acids is 1. The predicted octanol–water partition coefficient (Wildman–Crippen LogP) is 2.08. The molecule has 1 heterocycles. The summed E-state index contributed by atoms with van der Waals surface area (Å²) < 4.78 is 10.9. The number of nitrogens with one attached hydrogen (secondary N) is 1. The second-order valence-electron chi connectivity index (χ2n) is 3.94. The third-order valence-corrected chi connectivity index (χ3v) is 3.45. The molecule has 4 nitrogen and oxygen atoms in total. The molecule has 1 N–H and O–H groups in total. The van der Waals surface area contributed by atoms with Gasteiger partial charge in [0.25, 0.3) is 0 Å². The summed E-state index contributed by atoms with van der Waals surface area (Å²) in [4.78, 5) is 12.5. The molecule has 0 radical (unpaired) electrons. The Morgan fingerprint density at radius 2 is 2.11 bits per heavy atom. The fourth-order valence-corrected chi connectivity index (χ4v) is 2.33. The van der Waals surface area contributed by atoms with Crippen LogP contribution >= 0.6 is 11.8 Å². The van der Waals surface area contributed by atoms with Gasteiger partial charge in [-0.3, -0.25) is 4.79 Å². The van der Waals surface area contributed by atoms with Crippen molar-refractivity contribution >= 4 is 17.7 Å². The topological polar surface area (TPSA) is 47.6 Å². The normalized spacial score (nSPS) is 13.2. The van der Waals surface area contributed by atoms with Crippen molar-refractivity contribution < 1.29 is 14.3 Å². The number of ether oxygens (including phenoxy) is 2. The van der Waals surface area contributed by atoms with Gasteiger partial charge < -0.3 is 14.8 Å². The first-order chi connectivity index (χ1) is 8.79. The van der Waals surface area contributed by atoms with E-state index in [9.17, 15) is 4.79 Å². The van der Waals surface area contributed by atoms with E-state index in [4.69, 9.17) is 9.47 Å². The standard InChI is InChI=1S/C13H17NO3S/c1-2-5-14-13(15)9-18-10-3-4-11-12(8-10)17-7-6-16-11/h3-4,8H,2,5-7,9H2,1H3,(H,14,15). The summed E-state index contributed by atoms with van der Waals surface area (Å²) in [5.74, 6) is 2.04. The number of fused-ring (bicyclic) bond motifs is 1. The first kappa shape index (κ1) is 13.1. The van der Waals surface area contributed by atoms with Crippen LogP contribution in [0.15, 0.2) is 23.1 Å². The molecule has 18 heavy (non-hydrogen) atoms. The minimum Gasteiger partial charge on any atom is -0.486 e. The highest BCUT2D eigenvalue weighted by Crippen LogP contribution is 2.33. The summed E-state index contributed by atoms with van der Waals surface area (Å²) in [5.41, 5.74) is 0. The highest BCUT2D eigenvalue weighted by molar-refractivity contribution is 8.00. The maximum atomic E-state index is 11.5. The van der Waals surface area contributed by atoms with E-state index in [1.54, 1.807) is 0 Å². The number of rotatable bonds is 5. The molecule has 1 amide bonds. The van der Waals surface area contributed by atoms with Gasteiger partial charge in [-0.1, -0.05) is 6.92 Å². The fraction of sp³-hybridized carbons (Fsp3) is 0.462. The van der Waals surface area contributed by atoms with Crippen molar-refractivity contribution in [3.8, 4) is 11.5 Å². The van der Waals surface area contributed by atoms with Crippen molar-refractivity contribution in [1.29, 1.82) is 0 Å². The molecular formula is C13H17NO3S. The van der Waals surface area contributed by atoms with Crippen LogP contribution in [-0.2, 0) is 4.79 Å². The van der Waals surface area contributed by atoms with E-state index in [0.29, 0.717) is 19.0 Å². The van der Waals surface area contributed by atoms with Crippen molar-refractivity contribution in [2.75, 3.05) is 25.5 Å². The molecule has 1 aromatic rings. The van der Waals surface area contributed by atoms with Gasteiger partial charge in [0.2, 0.25) is 5.91 Å². The van der Waals surface area contributed by atoms with Gasteiger partial charge in [0.05, 0.1) is 5.75 Å². The number of benzene rings is 1. The van der Waals surface area contributed by atoms with Gasteiger partial charge in [-0.15, -0.1) is 11.8 Å². The Balaban J connectivity index is 1.88. The van der Waals surface area contributed by atoms with E-state index >= 15 is 0 Å². The Kier molecular flexibility index (Phi) is 4.75. The maximum absolute atomic E-state index is 11.5. The molecule has 0 saturated carbocycles. The second-order valence-corrected chi connectivity index (χ2v) is 4.99. The molecule has 0 spiro atoms. The highest BCUT2D eigenvalue weighted by atomic mass is 32.2. The van der Waals surface area contributed by atoms with Crippen LogP contribution in [0, 0.1) is 0 Å². The number of carbonyl (C=O) groups is 1. The Labute approximate surface area is 111 Å². The Hall–Kier alpha value is -1.36. The number of amides is 1. The van der Waals surface area contributed by atoms with Crippen LogP contribution < -0.4 is 14.8 Å². The molecule has 98 valence electrons. The number of thioether (sulfide) groups is 1. The molecule has 2 rings (SSSR count). The molecule has 1 aromatic carbocycles. The molecular weight excluding hydrogens is 250 g/mol. The van der Waals surface area contributed by atoms with E-state index in [-0.39, 0.29) is 5.91 Å². The van der Waals surface area contributed by atoms with Crippen LogP contribution in [0.25, 0.3) is 0 Å². The van der Waals surface area contributed by atoms with Crippen molar-refractivity contribution in [2.45, 2.75) is 18.2 Å². The molecule has 0 aromatic heterocycles. The minimum absolute atomic E-state index is 0.0664. The zero-order chi connectivity index (χ0) is 12.8. The quantitative estimate of drug-likeness (QED) is 0.830. The third kappa shape index (κ3) is 3.57. The zero-order valence-electron chi connectivity index (χ0n) is 10.4. The van der Waals surface area contributed by atoms with Crippen LogP contribution in [0.4, 0.5) is 0 Å². The number of hydrogen-bond acceptors (Lipinski definition) is 4. The summed E-state index contributed by atoms with van der Waals surface area (Å²) in [5, 5.41) is 2.85. The van der Waals surface area contributed by atoms with Gasteiger partial charge in [-0.05, 0) is 24.6 Å². The molecule has 5 heteroatoms. The fourth-order valence-electron chi connectivity index (χ4n) is 1.58. The van der Waals surface area contributed by atoms with Crippen LogP contribution in [-0.4, -0.2) is 31.4 Å². The van der Waals surface area contributed by atoms with Crippen LogP contribution in [0.1, 0.15) is 13.3 Å². The summed E-state index contributed by atoms with van der Waals surface area (Å²) in [6.07, 6.45) is 0.959. The van der Waals surface area contributed by atoms with Gasteiger partial charge in [0, 0.05) is 11.4 Å². The molecule has 0 unspecified atom stereocenters. The minimum atomic E-state index is 0.0664. The first-order valence-electron chi connectivity index (χ1n) is 6.08. The van der Waals surface area contributed by atoms with Crippen molar-refractivity contribution in [2.24, 2.45) is 0 Å². The Morgan fingerprint density at radius 1 is 1.33 bits per heavy atom. The molecule has 1 aliphatic rings. The Bertz CT molecular complexity index is 423. The monoisotopic (exact) mass is 267 g/mol. The Morgan fingerprint density at radius 3 is 2.89 bits per heavy atom. The zero-order valence-corrected chi connectivity index (χ0v) is 11.2. The summed E-state index contributed by atoms with van der Waals surface area (Å²) >= 11 is 1.50. The van der Waals surface area contributed by atoms with E-state index in [0.717, 1.165) is 29.4 Å². The summed E-state index contributed by atoms with van der Waals surface area (Å²) in [7, 11) is 0. The molecule has 0 bridgehead atoms. The van der Waals surface area contributed by atoms with Gasteiger partial charge in [-0.25, -0.2) is 0 Å². The second kappa shape index (κ2) is 6.54. The van der Waals surface area contributed by atoms with Gasteiger partial charge in [-0.2, -0.15) is 0 Å². The maximum Gasteiger partial charge on any atom is 0.230 e. The van der Waals surface area contributed by atoms with Gasteiger partial charge in [0.1, 0.15) is 13.2 Å². The van der Waals surface area contributed by atoms with Crippen LogP contribution in [0.5, 0.6) is 11.5 Å². The number of hydrogen-bond donors (Lipinski definition) is 1. The molecule has 0 atom stereocenters. The lowest BCUT2D eigenvalue weighted by Crippen LogP contribution is -2.25. The van der Waals surface area contributed by atoms with E-state index < -0.39 is 0 Å². The lowest BCUT2D eigenvalue weighted by Gasteiger charge is -2.18. The van der Waals surface area contributed by atoms with Crippen molar-refractivity contribution in [3.63, 3.8) is 0 Å². The first-order valence-corrected chi connectivity index (χ1v) is 7.07. The third-order valence-electron chi connectivity index (χ3n) is 2.46. The van der Waals surface area contributed by atoms with Gasteiger partial charge >= 0.3 is 0 Å². The lowest BCUT2D eigenvalue weighted by atomic mass is 10.3. The molecule has 0 fully saturated rings. The molecule has 0 saturated heterocycles. The van der Waals surface area contributed by atoms with E-state index in [2.05, 4.69) is 5.32 Å². The average molecular weight is 267 g/mol.